The van der Waals surface area contributed by atoms with Crippen LogP contribution in [-0.2, 0) is 6.54 Å². The number of aromatic nitrogens is 2. The first-order chi connectivity index (χ1) is 8.24. The first-order valence-electron chi connectivity index (χ1n) is 5.70. The lowest BCUT2D eigenvalue weighted by Gasteiger charge is -2.13. The quantitative estimate of drug-likeness (QED) is 0.864. The van der Waals surface area contributed by atoms with Gasteiger partial charge in [-0.05, 0) is 25.5 Å². The minimum Gasteiger partial charge on any atom is -0.396 e. The fourth-order valence-electron chi connectivity index (χ4n) is 1.95. The van der Waals surface area contributed by atoms with Gasteiger partial charge in [0.25, 0.3) is 5.56 Å². The van der Waals surface area contributed by atoms with E-state index in [4.69, 9.17) is 5.11 Å². The lowest BCUT2D eigenvalue weighted by Crippen LogP contribution is -2.22. The molecule has 0 atom stereocenters. The van der Waals surface area contributed by atoms with E-state index in [1.807, 2.05) is 41.9 Å². The first kappa shape index (κ1) is 11.7. The Morgan fingerprint density at radius 2 is 1.94 bits per heavy atom. The zero-order valence-electron chi connectivity index (χ0n) is 9.84. The van der Waals surface area contributed by atoms with E-state index in [2.05, 4.69) is 0 Å². The highest BCUT2D eigenvalue weighted by atomic mass is 16.3. The molecule has 0 radical (unpaired) electrons. The van der Waals surface area contributed by atoms with Crippen molar-refractivity contribution in [2.45, 2.75) is 19.9 Å². The van der Waals surface area contributed by atoms with Crippen LogP contribution in [0.2, 0.25) is 0 Å². The van der Waals surface area contributed by atoms with Crippen molar-refractivity contribution >= 4 is 0 Å². The molecule has 1 aromatic heterocycles. The van der Waals surface area contributed by atoms with Gasteiger partial charge in [0.05, 0.1) is 5.69 Å². The van der Waals surface area contributed by atoms with Crippen LogP contribution in [0.1, 0.15) is 12.1 Å². The Labute approximate surface area is 99.7 Å². The molecule has 1 N–H and O–H groups in total. The molecule has 2 rings (SSSR count). The molecule has 1 heterocycles. The molecule has 0 saturated heterocycles. The summed E-state index contributed by atoms with van der Waals surface area (Å²) in [5, 5.41) is 8.86. The molecular formula is C13H16N2O2. The van der Waals surface area contributed by atoms with Crippen LogP contribution in [0.5, 0.6) is 0 Å². The van der Waals surface area contributed by atoms with Crippen molar-refractivity contribution in [1.29, 1.82) is 0 Å². The fourth-order valence-corrected chi connectivity index (χ4v) is 1.95. The molecule has 0 unspecified atom stereocenters. The molecule has 2 aromatic rings. The Balaban J connectivity index is 2.49. The average Bonchev–Trinajstić information content (AvgIpc) is 2.62. The third kappa shape index (κ3) is 2.31. The summed E-state index contributed by atoms with van der Waals surface area (Å²) in [5.74, 6) is 0. The molecule has 0 fully saturated rings. The molecule has 0 bridgehead atoms. The molecule has 0 aliphatic heterocycles. The molecule has 4 heteroatoms. The van der Waals surface area contributed by atoms with E-state index in [9.17, 15) is 4.79 Å². The third-order valence-electron chi connectivity index (χ3n) is 2.69. The van der Waals surface area contributed by atoms with Crippen molar-refractivity contribution in [3.63, 3.8) is 0 Å². The van der Waals surface area contributed by atoms with E-state index >= 15 is 0 Å². The summed E-state index contributed by atoms with van der Waals surface area (Å²) in [5.41, 5.74) is 1.84. The van der Waals surface area contributed by atoms with Crippen LogP contribution in [0.4, 0.5) is 0 Å². The van der Waals surface area contributed by atoms with Crippen LogP contribution < -0.4 is 5.56 Å². The van der Waals surface area contributed by atoms with Gasteiger partial charge in [-0.3, -0.25) is 9.48 Å². The number of aliphatic hydroxyl groups is 1. The second-order valence-corrected chi connectivity index (χ2v) is 3.97. The Morgan fingerprint density at radius 1 is 1.24 bits per heavy atom. The van der Waals surface area contributed by atoms with Gasteiger partial charge in [-0.1, -0.05) is 18.2 Å². The molecule has 0 amide bonds. The van der Waals surface area contributed by atoms with Gasteiger partial charge in [0.15, 0.2) is 0 Å². The van der Waals surface area contributed by atoms with E-state index in [0.29, 0.717) is 13.0 Å². The van der Waals surface area contributed by atoms with Gasteiger partial charge in [-0.25, -0.2) is 4.68 Å². The van der Waals surface area contributed by atoms with Crippen molar-refractivity contribution in [3.05, 3.63) is 52.4 Å². The second kappa shape index (κ2) is 5.01. The number of benzene rings is 1. The van der Waals surface area contributed by atoms with Crippen molar-refractivity contribution in [2.24, 2.45) is 0 Å². The van der Waals surface area contributed by atoms with Gasteiger partial charge >= 0.3 is 0 Å². The number of nitrogens with zero attached hydrogens (tertiary/aromatic N) is 2. The fraction of sp³-hybridized carbons (Fsp3) is 0.308. The van der Waals surface area contributed by atoms with E-state index in [0.717, 1.165) is 11.4 Å². The smallest absolute Gasteiger partial charge is 0.267 e. The highest BCUT2D eigenvalue weighted by Gasteiger charge is 2.08. The molecular weight excluding hydrogens is 216 g/mol. The molecule has 90 valence electrons. The number of hydrogen-bond donors (Lipinski definition) is 1. The minimum absolute atomic E-state index is 0.0280. The van der Waals surface area contributed by atoms with Crippen LogP contribution in [0.15, 0.2) is 41.2 Å². The predicted molar refractivity (Wildman–Crippen MR) is 66.5 cm³/mol. The Hall–Kier alpha value is -1.81. The summed E-state index contributed by atoms with van der Waals surface area (Å²) in [7, 11) is 0. The van der Waals surface area contributed by atoms with Crippen molar-refractivity contribution in [3.8, 4) is 5.69 Å². The predicted octanol–water partition coefficient (Wildman–Crippen LogP) is 1.33. The average molecular weight is 232 g/mol. The number of rotatable bonds is 4. The van der Waals surface area contributed by atoms with Gasteiger partial charge in [-0.2, -0.15) is 0 Å². The van der Waals surface area contributed by atoms with Crippen LogP contribution in [0, 0.1) is 6.92 Å². The first-order valence-corrected chi connectivity index (χ1v) is 5.70. The molecule has 4 nitrogen and oxygen atoms in total. The number of aliphatic hydroxyl groups excluding tert-OH is 1. The number of aryl methyl sites for hydroxylation is 1. The molecule has 0 saturated carbocycles. The summed E-state index contributed by atoms with van der Waals surface area (Å²) in [6.07, 6.45) is 0.580. The largest absolute Gasteiger partial charge is 0.396 e. The highest BCUT2D eigenvalue weighted by Crippen LogP contribution is 2.09. The lowest BCUT2D eigenvalue weighted by molar-refractivity contribution is 0.273. The van der Waals surface area contributed by atoms with E-state index in [1.165, 1.54) is 0 Å². The van der Waals surface area contributed by atoms with Crippen LogP contribution >= 0.6 is 0 Å². The van der Waals surface area contributed by atoms with E-state index in [-0.39, 0.29) is 12.2 Å². The summed E-state index contributed by atoms with van der Waals surface area (Å²) in [6, 6.07) is 11.4. The Morgan fingerprint density at radius 3 is 2.59 bits per heavy atom. The zero-order chi connectivity index (χ0) is 12.3. The third-order valence-corrected chi connectivity index (χ3v) is 2.69. The zero-order valence-corrected chi connectivity index (χ0v) is 9.84. The summed E-state index contributed by atoms with van der Waals surface area (Å²) >= 11 is 0. The molecule has 17 heavy (non-hydrogen) atoms. The molecule has 0 spiro atoms. The second-order valence-electron chi connectivity index (χ2n) is 3.97. The number of para-hydroxylation sites is 1. The monoisotopic (exact) mass is 232 g/mol. The van der Waals surface area contributed by atoms with E-state index in [1.54, 1.807) is 10.7 Å². The van der Waals surface area contributed by atoms with Gasteiger partial charge in [0, 0.05) is 24.9 Å². The molecule has 0 aliphatic rings. The highest BCUT2D eigenvalue weighted by molar-refractivity contribution is 5.32. The van der Waals surface area contributed by atoms with Gasteiger partial charge in [0.1, 0.15) is 0 Å². The lowest BCUT2D eigenvalue weighted by atomic mass is 10.3. The SMILES string of the molecule is Cc1cc(=O)n(CCCO)n1-c1ccccc1. The van der Waals surface area contributed by atoms with Crippen molar-refractivity contribution < 1.29 is 5.11 Å². The van der Waals surface area contributed by atoms with E-state index < -0.39 is 0 Å². The Kier molecular flexibility index (Phi) is 3.44. The normalized spacial score (nSPS) is 10.7. The minimum atomic E-state index is -0.0280. The maximum absolute atomic E-state index is 11.8. The van der Waals surface area contributed by atoms with Gasteiger partial charge in [0.2, 0.25) is 0 Å². The molecule has 1 aromatic carbocycles. The van der Waals surface area contributed by atoms with Crippen LogP contribution in [-0.4, -0.2) is 21.1 Å². The summed E-state index contributed by atoms with van der Waals surface area (Å²) in [6.45, 7) is 2.52. The van der Waals surface area contributed by atoms with Gasteiger partial charge in [-0.15, -0.1) is 0 Å². The van der Waals surface area contributed by atoms with Gasteiger partial charge < -0.3 is 5.11 Å². The summed E-state index contributed by atoms with van der Waals surface area (Å²) < 4.78 is 3.54. The maximum atomic E-state index is 11.8. The Bertz CT molecular complexity index is 540. The number of hydrogen-bond acceptors (Lipinski definition) is 2. The van der Waals surface area contributed by atoms with Crippen LogP contribution in [0.25, 0.3) is 5.69 Å². The standard InChI is InChI=1S/C13H16N2O2/c1-11-10-13(17)14(8-5-9-16)15(11)12-6-3-2-4-7-12/h2-4,6-7,10,16H,5,8-9H2,1H3. The van der Waals surface area contributed by atoms with Crippen molar-refractivity contribution in [1.82, 2.24) is 9.36 Å². The van der Waals surface area contributed by atoms with Crippen LogP contribution in [0.3, 0.4) is 0 Å². The summed E-state index contributed by atoms with van der Waals surface area (Å²) in [4.78, 5) is 11.8. The molecule has 0 aliphatic carbocycles. The topological polar surface area (TPSA) is 47.2 Å². The van der Waals surface area contributed by atoms with Crippen molar-refractivity contribution in [2.75, 3.05) is 6.61 Å². The maximum Gasteiger partial charge on any atom is 0.267 e.